The van der Waals surface area contributed by atoms with Gasteiger partial charge < -0.3 is 4.65 Å². The largest absolute Gasteiger partial charge is 0.426 e. The molecule has 3 aliphatic rings. The van der Waals surface area contributed by atoms with E-state index in [-0.39, 0.29) is 17.9 Å². The molecule has 1 saturated heterocycles. The Bertz CT molecular complexity index is 730. The molecule has 1 aliphatic heterocycles. The second kappa shape index (κ2) is 5.61. The fraction of sp³-hybridized carbons (Fsp3) is 0.565. The fourth-order valence-electron chi connectivity index (χ4n) is 4.75. The van der Waals surface area contributed by atoms with Crippen molar-refractivity contribution in [1.82, 2.24) is 0 Å². The Morgan fingerprint density at radius 3 is 2.52 bits per heavy atom. The van der Waals surface area contributed by atoms with Gasteiger partial charge >= 0.3 is 6.92 Å². The van der Waals surface area contributed by atoms with E-state index in [1.807, 2.05) is 6.08 Å². The third kappa shape index (κ3) is 2.83. The molecule has 0 aromatic heterocycles. The highest BCUT2D eigenvalue weighted by atomic mass is 16.5. The molecule has 1 nitrogen and oxygen atoms in total. The van der Waals surface area contributed by atoms with Crippen LogP contribution < -0.4 is 0 Å². The minimum Gasteiger partial charge on any atom is -0.426 e. The van der Waals surface area contributed by atoms with Gasteiger partial charge in [-0.25, -0.2) is 0 Å². The molecule has 132 valence electrons. The number of benzene rings is 1. The van der Waals surface area contributed by atoms with E-state index in [1.54, 1.807) is 0 Å². The molecule has 2 saturated carbocycles. The van der Waals surface area contributed by atoms with E-state index in [2.05, 4.69) is 71.4 Å². The lowest BCUT2D eigenvalue weighted by molar-refractivity contribution is -0.0401. The van der Waals surface area contributed by atoms with E-state index in [9.17, 15) is 0 Å². The lowest BCUT2D eigenvalue weighted by Gasteiger charge is -2.47. The number of fused-ring (bicyclic) bond motifs is 1. The van der Waals surface area contributed by atoms with Gasteiger partial charge in [0.25, 0.3) is 0 Å². The molecule has 4 rings (SSSR count). The quantitative estimate of drug-likeness (QED) is 0.594. The molecule has 2 aliphatic carbocycles. The molecule has 4 atom stereocenters. The number of rotatable bonds is 4. The first-order chi connectivity index (χ1) is 11.7. The van der Waals surface area contributed by atoms with Gasteiger partial charge in [-0.3, -0.25) is 0 Å². The van der Waals surface area contributed by atoms with Gasteiger partial charge in [-0.2, -0.15) is 0 Å². The summed E-state index contributed by atoms with van der Waals surface area (Å²) >= 11 is 0. The normalized spacial score (nSPS) is 34.7. The summed E-state index contributed by atoms with van der Waals surface area (Å²) < 4.78 is 6.53. The van der Waals surface area contributed by atoms with E-state index >= 15 is 0 Å². The molecular formula is C23H31BO. The Morgan fingerprint density at radius 2 is 1.88 bits per heavy atom. The van der Waals surface area contributed by atoms with E-state index in [0.29, 0.717) is 5.82 Å². The summed E-state index contributed by atoms with van der Waals surface area (Å²) in [5.41, 5.74) is 4.17. The van der Waals surface area contributed by atoms with Gasteiger partial charge in [-0.15, -0.1) is 0 Å². The van der Waals surface area contributed by atoms with Crippen LogP contribution in [0.4, 0.5) is 0 Å². The van der Waals surface area contributed by atoms with Crippen molar-refractivity contribution in [3.05, 3.63) is 47.4 Å². The molecule has 0 spiro atoms. The Hall–Kier alpha value is -1.28. The van der Waals surface area contributed by atoms with Crippen molar-refractivity contribution >= 4 is 19.1 Å². The standard InChI is InChI=1S/C23H31BO/c1-7-16-8-9-18(19-12-15(19)2)13-17(16)10-11-24-21-14-20(21)22(3,4)23(5,6)25-24/h7-11,13,15,19-21H,1,12,14H2,2-6H3/b11-10-. The van der Waals surface area contributed by atoms with Gasteiger partial charge in [0.05, 0.1) is 5.60 Å². The highest BCUT2D eigenvalue weighted by Crippen LogP contribution is 2.65. The van der Waals surface area contributed by atoms with Crippen molar-refractivity contribution in [2.45, 2.75) is 64.8 Å². The number of hydrogen-bond acceptors (Lipinski definition) is 1. The van der Waals surface area contributed by atoms with Gasteiger partial charge in [-0.05, 0) is 65.9 Å². The second-order valence-electron chi connectivity index (χ2n) is 9.59. The number of hydrogen-bond donors (Lipinski definition) is 0. The van der Waals surface area contributed by atoms with Gasteiger partial charge in [-0.1, -0.05) is 70.1 Å². The Balaban J connectivity index is 1.57. The topological polar surface area (TPSA) is 9.23 Å². The summed E-state index contributed by atoms with van der Waals surface area (Å²) in [4.78, 5) is 0. The van der Waals surface area contributed by atoms with Crippen molar-refractivity contribution in [2.24, 2.45) is 17.3 Å². The van der Waals surface area contributed by atoms with Crippen molar-refractivity contribution in [1.29, 1.82) is 0 Å². The zero-order valence-electron chi connectivity index (χ0n) is 16.4. The Labute approximate surface area is 153 Å². The van der Waals surface area contributed by atoms with Gasteiger partial charge in [0.1, 0.15) is 0 Å². The SMILES string of the molecule is C=Cc1ccc(C2CC2C)cc1/C=C\B1OC(C)(C)C(C)(C)C2CC12. The van der Waals surface area contributed by atoms with Crippen LogP contribution in [0.15, 0.2) is 30.8 Å². The summed E-state index contributed by atoms with van der Waals surface area (Å²) in [5.74, 6) is 5.39. The average Bonchev–Trinajstić information content (AvgIpc) is 3.45. The predicted molar refractivity (Wildman–Crippen MR) is 109 cm³/mol. The molecule has 2 heteroatoms. The third-order valence-corrected chi connectivity index (χ3v) is 7.51. The van der Waals surface area contributed by atoms with Crippen LogP contribution in [0.5, 0.6) is 0 Å². The van der Waals surface area contributed by atoms with Crippen LogP contribution in [-0.2, 0) is 4.65 Å². The maximum absolute atomic E-state index is 6.53. The summed E-state index contributed by atoms with van der Waals surface area (Å²) in [6.07, 6.45) is 6.88. The molecule has 0 bridgehead atoms. The molecule has 1 aromatic carbocycles. The fourth-order valence-corrected chi connectivity index (χ4v) is 4.75. The van der Waals surface area contributed by atoms with E-state index in [4.69, 9.17) is 4.65 Å². The highest BCUT2D eigenvalue weighted by molar-refractivity contribution is 6.61. The lowest BCUT2D eigenvalue weighted by Crippen LogP contribution is -2.50. The molecule has 3 fully saturated rings. The first-order valence-corrected chi connectivity index (χ1v) is 9.87. The maximum atomic E-state index is 6.53. The second-order valence-corrected chi connectivity index (χ2v) is 9.59. The van der Waals surface area contributed by atoms with Crippen LogP contribution in [0.2, 0.25) is 5.82 Å². The Kier molecular flexibility index (Phi) is 3.85. The minimum atomic E-state index is -0.0771. The van der Waals surface area contributed by atoms with E-state index < -0.39 is 0 Å². The molecule has 4 unspecified atom stereocenters. The maximum Gasteiger partial charge on any atom is 0.323 e. The smallest absolute Gasteiger partial charge is 0.323 e. The van der Waals surface area contributed by atoms with Gasteiger partial charge in [0, 0.05) is 0 Å². The molecule has 25 heavy (non-hydrogen) atoms. The van der Waals surface area contributed by atoms with Crippen molar-refractivity contribution < 1.29 is 4.65 Å². The van der Waals surface area contributed by atoms with Crippen LogP contribution in [0.3, 0.4) is 0 Å². The molecule has 0 N–H and O–H groups in total. The van der Waals surface area contributed by atoms with Crippen molar-refractivity contribution in [3.8, 4) is 0 Å². The molecule has 1 heterocycles. The highest BCUT2D eigenvalue weighted by Gasteiger charge is 2.63. The van der Waals surface area contributed by atoms with Crippen molar-refractivity contribution in [3.63, 3.8) is 0 Å². The molecule has 0 radical (unpaired) electrons. The zero-order chi connectivity index (χ0) is 18.0. The van der Waals surface area contributed by atoms with E-state index in [1.165, 1.54) is 29.5 Å². The average molecular weight is 334 g/mol. The third-order valence-electron chi connectivity index (χ3n) is 7.51. The van der Waals surface area contributed by atoms with Crippen LogP contribution in [0.25, 0.3) is 12.2 Å². The van der Waals surface area contributed by atoms with Crippen LogP contribution in [-0.4, -0.2) is 12.5 Å². The lowest BCUT2D eigenvalue weighted by atomic mass is 9.53. The molecule has 0 amide bonds. The van der Waals surface area contributed by atoms with Crippen LogP contribution >= 0.6 is 0 Å². The van der Waals surface area contributed by atoms with Crippen LogP contribution in [0.1, 0.15) is 70.1 Å². The predicted octanol–water partition coefficient (Wildman–Crippen LogP) is 6.22. The first-order valence-electron chi connectivity index (χ1n) is 9.87. The minimum absolute atomic E-state index is 0.0771. The van der Waals surface area contributed by atoms with Gasteiger partial charge in [0.2, 0.25) is 0 Å². The molecular weight excluding hydrogens is 303 g/mol. The molecule has 1 aromatic rings. The van der Waals surface area contributed by atoms with Gasteiger partial charge in [0.15, 0.2) is 0 Å². The first kappa shape index (κ1) is 17.2. The summed E-state index contributed by atoms with van der Waals surface area (Å²) in [7, 11) is 0. The van der Waals surface area contributed by atoms with E-state index in [0.717, 1.165) is 17.8 Å². The monoisotopic (exact) mass is 334 g/mol. The summed E-state index contributed by atoms with van der Waals surface area (Å²) in [6.45, 7) is 15.8. The van der Waals surface area contributed by atoms with Crippen LogP contribution in [0, 0.1) is 17.3 Å². The summed E-state index contributed by atoms with van der Waals surface area (Å²) in [6, 6.07) is 6.87. The summed E-state index contributed by atoms with van der Waals surface area (Å²) in [5, 5.41) is 0. The Morgan fingerprint density at radius 1 is 1.16 bits per heavy atom. The van der Waals surface area contributed by atoms with Crippen molar-refractivity contribution in [2.75, 3.05) is 0 Å². The zero-order valence-corrected chi connectivity index (χ0v) is 16.4.